The monoisotopic (exact) mass is 299 g/mol. The average molecular weight is 299 g/mol. The Morgan fingerprint density at radius 3 is 2.19 bits per heavy atom. The second-order valence-electron chi connectivity index (χ2n) is 6.78. The quantitative estimate of drug-likeness (QED) is 0.744. The van der Waals surface area contributed by atoms with Crippen LogP contribution in [0.4, 0.5) is 13.2 Å². The Kier molecular flexibility index (Phi) is 5.31. The third-order valence-corrected chi connectivity index (χ3v) is 4.38. The summed E-state index contributed by atoms with van der Waals surface area (Å²) in [5.41, 5.74) is 0.759. The molecule has 0 bridgehead atoms. The molecule has 1 N–H and O–H groups in total. The van der Waals surface area contributed by atoms with Crippen molar-refractivity contribution >= 4 is 0 Å². The van der Waals surface area contributed by atoms with Crippen molar-refractivity contribution in [2.45, 2.75) is 52.5 Å². The molecule has 0 radical (unpaired) electrons. The van der Waals surface area contributed by atoms with E-state index in [0.29, 0.717) is 23.4 Å². The molecule has 0 atom stereocenters. The average Bonchev–Trinajstić information content (AvgIpc) is 2.83. The van der Waals surface area contributed by atoms with E-state index in [2.05, 4.69) is 19.2 Å². The van der Waals surface area contributed by atoms with Gasteiger partial charge in [-0.1, -0.05) is 26.7 Å². The van der Waals surface area contributed by atoms with E-state index >= 15 is 0 Å². The third-order valence-electron chi connectivity index (χ3n) is 4.38. The van der Waals surface area contributed by atoms with Gasteiger partial charge in [-0.25, -0.2) is 13.2 Å². The summed E-state index contributed by atoms with van der Waals surface area (Å²) in [5.74, 6) is -2.99. The first kappa shape index (κ1) is 16.3. The van der Waals surface area contributed by atoms with E-state index in [1.807, 2.05) is 0 Å². The molecule has 0 aromatic heterocycles. The van der Waals surface area contributed by atoms with Crippen LogP contribution in [0, 0.1) is 28.8 Å². The largest absolute Gasteiger partial charge is 0.312 e. The maximum absolute atomic E-state index is 13.2. The van der Waals surface area contributed by atoms with Crippen molar-refractivity contribution in [2.75, 3.05) is 6.54 Å². The number of benzene rings is 1. The van der Waals surface area contributed by atoms with Crippen LogP contribution in [0.1, 0.15) is 51.5 Å². The summed E-state index contributed by atoms with van der Waals surface area (Å²) in [6.07, 6.45) is 6.11. The number of nitrogens with one attached hydrogen (secondary N) is 1. The number of hydrogen-bond donors (Lipinski definition) is 1. The fraction of sp³-hybridized carbons (Fsp3) is 0.647. The molecule has 1 aromatic rings. The van der Waals surface area contributed by atoms with Gasteiger partial charge in [0.15, 0.2) is 17.5 Å². The van der Waals surface area contributed by atoms with Crippen LogP contribution in [0.5, 0.6) is 0 Å². The van der Waals surface area contributed by atoms with Crippen molar-refractivity contribution in [1.82, 2.24) is 5.32 Å². The summed E-state index contributed by atoms with van der Waals surface area (Å²) in [7, 11) is 0. The Morgan fingerprint density at radius 2 is 1.67 bits per heavy atom. The molecule has 0 amide bonds. The zero-order valence-corrected chi connectivity index (χ0v) is 12.8. The Bertz CT molecular complexity index is 456. The number of halogens is 3. The number of hydrogen-bond acceptors (Lipinski definition) is 1. The molecule has 21 heavy (non-hydrogen) atoms. The van der Waals surface area contributed by atoms with Gasteiger partial charge in [-0.15, -0.1) is 0 Å². The van der Waals surface area contributed by atoms with Gasteiger partial charge in [-0.3, -0.25) is 0 Å². The molecule has 2 rings (SSSR count). The highest BCUT2D eigenvalue weighted by Gasteiger charge is 2.33. The van der Waals surface area contributed by atoms with Gasteiger partial charge in [-0.05, 0) is 48.3 Å². The zero-order valence-electron chi connectivity index (χ0n) is 12.8. The van der Waals surface area contributed by atoms with Gasteiger partial charge in [-0.2, -0.15) is 0 Å². The minimum absolute atomic E-state index is 0.311. The van der Waals surface area contributed by atoms with Crippen LogP contribution in [-0.4, -0.2) is 6.54 Å². The highest BCUT2D eigenvalue weighted by Crippen LogP contribution is 2.42. The molecule has 1 aliphatic carbocycles. The van der Waals surface area contributed by atoms with E-state index in [1.165, 1.54) is 32.1 Å². The van der Waals surface area contributed by atoms with Gasteiger partial charge in [0.2, 0.25) is 0 Å². The topological polar surface area (TPSA) is 12.0 Å². The van der Waals surface area contributed by atoms with Crippen LogP contribution in [-0.2, 0) is 6.54 Å². The third kappa shape index (κ3) is 4.22. The fourth-order valence-corrected chi connectivity index (χ4v) is 3.63. The molecule has 0 heterocycles. The van der Waals surface area contributed by atoms with E-state index in [-0.39, 0.29) is 0 Å². The fourth-order valence-electron chi connectivity index (χ4n) is 3.63. The van der Waals surface area contributed by atoms with Gasteiger partial charge < -0.3 is 5.32 Å². The summed E-state index contributed by atoms with van der Waals surface area (Å²) in [5, 5.41) is 3.31. The van der Waals surface area contributed by atoms with Crippen LogP contribution < -0.4 is 5.32 Å². The van der Waals surface area contributed by atoms with E-state index in [9.17, 15) is 13.2 Å². The maximum Gasteiger partial charge on any atom is 0.194 e. The normalized spacial score (nSPS) is 17.6. The van der Waals surface area contributed by atoms with Gasteiger partial charge in [0.25, 0.3) is 0 Å². The summed E-state index contributed by atoms with van der Waals surface area (Å²) in [6, 6.07) is 2.13. The molecule has 0 spiro atoms. The highest BCUT2D eigenvalue weighted by molar-refractivity contribution is 5.19. The van der Waals surface area contributed by atoms with E-state index in [0.717, 1.165) is 18.7 Å². The summed E-state index contributed by atoms with van der Waals surface area (Å²) < 4.78 is 39.3. The van der Waals surface area contributed by atoms with Crippen LogP contribution in [0.2, 0.25) is 0 Å². The summed E-state index contributed by atoms with van der Waals surface area (Å²) in [4.78, 5) is 0. The molecular weight excluding hydrogens is 275 g/mol. The molecule has 118 valence electrons. The van der Waals surface area contributed by atoms with Crippen LogP contribution >= 0.6 is 0 Å². The van der Waals surface area contributed by atoms with Gasteiger partial charge in [0.1, 0.15) is 0 Å². The molecule has 1 saturated carbocycles. The maximum atomic E-state index is 13.2. The van der Waals surface area contributed by atoms with Crippen LogP contribution in [0.3, 0.4) is 0 Å². The predicted octanol–water partition coefficient (Wildman–Crippen LogP) is 4.80. The molecule has 4 heteroatoms. The van der Waals surface area contributed by atoms with Crippen molar-refractivity contribution in [1.29, 1.82) is 0 Å². The Hall–Kier alpha value is -1.03. The van der Waals surface area contributed by atoms with Crippen molar-refractivity contribution in [2.24, 2.45) is 11.3 Å². The van der Waals surface area contributed by atoms with E-state index in [1.54, 1.807) is 0 Å². The lowest BCUT2D eigenvalue weighted by molar-refractivity contribution is 0.223. The molecule has 0 saturated heterocycles. The standard InChI is InChI=1S/C17H24F3N/c1-12(2)9-17(5-3-4-6-17)11-21-10-13-7-14(18)16(20)15(19)8-13/h7-8,12,21H,3-6,9-11H2,1-2H3. The first-order chi connectivity index (χ1) is 9.92. The smallest absolute Gasteiger partial charge is 0.194 e. The summed E-state index contributed by atoms with van der Waals surface area (Å²) in [6.45, 7) is 5.68. The lowest BCUT2D eigenvalue weighted by Gasteiger charge is -2.31. The minimum Gasteiger partial charge on any atom is -0.312 e. The van der Waals surface area contributed by atoms with Crippen molar-refractivity contribution in [3.05, 3.63) is 35.1 Å². The van der Waals surface area contributed by atoms with Crippen LogP contribution in [0.15, 0.2) is 12.1 Å². The molecular formula is C17H24F3N. The van der Waals surface area contributed by atoms with E-state index < -0.39 is 17.5 Å². The Labute approximate surface area is 124 Å². The number of rotatable bonds is 6. The molecule has 1 fully saturated rings. The van der Waals surface area contributed by atoms with Gasteiger partial charge in [0.05, 0.1) is 0 Å². The lowest BCUT2D eigenvalue weighted by Crippen LogP contribution is -2.33. The van der Waals surface area contributed by atoms with Gasteiger partial charge in [0, 0.05) is 13.1 Å². The first-order valence-electron chi connectivity index (χ1n) is 7.76. The Morgan fingerprint density at radius 1 is 1.10 bits per heavy atom. The predicted molar refractivity (Wildman–Crippen MR) is 78.4 cm³/mol. The molecule has 1 nitrogen and oxygen atoms in total. The first-order valence-corrected chi connectivity index (χ1v) is 7.76. The molecule has 0 unspecified atom stereocenters. The second kappa shape index (κ2) is 6.82. The molecule has 1 aliphatic rings. The van der Waals surface area contributed by atoms with Crippen molar-refractivity contribution < 1.29 is 13.2 Å². The molecule has 0 aliphatic heterocycles. The summed E-state index contributed by atoms with van der Waals surface area (Å²) >= 11 is 0. The highest BCUT2D eigenvalue weighted by atomic mass is 19.2. The SMILES string of the molecule is CC(C)CC1(CNCc2cc(F)c(F)c(F)c2)CCCC1. The lowest BCUT2D eigenvalue weighted by atomic mass is 9.78. The van der Waals surface area contributed by atoms with Crippen molar-refractivity contribution in [3.8, 4) is 0 Å². The van der Waals surface area contributed by atoms with E-state index in [4.69, 9.17) is 0 Å². The van der Waals surface area contributed by atoms with Crippen LogP contribution in [0.25, 0.3) is 0 Å². The van der Waals surface area contributed by atoms with Gasteiger partial charge >= 0.3 is 0 Å². The minimum atomic E-state index is -1.40. The Balaban J connectivity index is 1.93. The van der Waals surface area contributed by atoms with Crippen molar-refractivity contribution in [3.63, 3.8) is 0 Å². The zero-order chi connectivity index (χ0) is 15.5. The second-order valence-corrected chi connectivity index (χ2v) is 6.78. The molecule has 1 aromatic carbocycles.